The summed E-state index contributed by atoms with van der Waals surface area (Å²) in [7, 11) is 1.50. The van der Waals surface area contributed by atoms with Gasteiger partial charge in [0.2, 0.25) is 5.12 Å². The van der Waals surface area contributed by atoms with E-state index in [2.05, 4.69) is 30.7 Å². The second kappa shape index (κ2) is 5.41. The summed E-state index contributed by atoms with van der Waals surface area (Å²) >= 11 is 1.11. The van der Waals surface area contributed by atoms with Gasteiger partial charge in [-0.05, 0) is 17.2 Å². The van der Waals surface area contributed by atoms with E-state index in [1.54, 1.807) is 6.20 Å². The zero-order chi connectivity index (χ0) is 12.2. The number of hydrogen-bond donors (Lipinski definition) is 0. The van der Waals surface area contributed by atoms with E-state index in [4.69, 9.17) is 4.74 Å². The molecular formula is C11H16N2O2S. The molecule has 0 bridgehead atoms. The van der Waals surface area contributed by atoms with Gasteiger partial charge in [-0.3, -0.25) is 4.79 Å². The zero-order valence-corrected chi connectivity index (χ0v) is 10.8. The Balaban J connectivity index is 2.92. The van der Waals surface area contributed by atoms with Crippen LogP contribution in [0.3, 0.4) is 0 Å². The zero-order valence-electron chi connectivity index (χ0n) is 9.98. The maximum atomic E-state index is 11.5. The van der Waals surface area contributed by atoms with Crippen LogP contribution < -0.4 is 0 Å². The number of ether oxygens (including phenoxy) is 1. The van der Waals surface area contributed by atoms with Crippen molar-refractivity contribution in [3.63, 3.8) is 0 Å². The lowest BCUT2D eigenvalue weighted by atomic mass is 9.89. The smallest absolute Gasteiger partial charge is 0.220 e. The molecule has 0 saturated carbocycles. The molecule has 0 aliphatic carbocycles. The van der Waals surface area contributed by atoms with Crippen LogP contribution in [0.5, 0.6) is 0 Å². The molecule has 0 aromatic carbocycles. The van der Waals surface area contributed by atoms with Crippen LogP contribution in [0.1, 0.15) is 26.3 Å². The third-order valence-corrected chi connectivity index (χ3v) is 2.82. The average Bonchev–Trinajstić information content (AvgIpc) is 2.17. The lowest BCUT2D eigenvalue weighted by Gasteiger charge is -2.20. The third-order valence-electron chi connectivity index (χ3n) is 1.96. The molecule has 1 aromatic rings. The Morgan fingerprint density at radius 3 is 2.75 bits per heavy atom. The molecule has 16 heavy (non-hydrogen) atoms. The normalized spacial score (nSPS) is 11.5. The van der Waals surface area contributed by atoms with E-state index in [-0.39, 0.29) is 17.1 Å². The largest absolute Gasteiger partial charge is 0.376 e. The van der Waals surface area contributed by atoms with Gasteiger partial charge in [-0.2, -0.15) is 0 Å². The summed E-state index contributed by atoms with van der Waals surface area (Å²) in [6.07, 6.45) is 3.22. The van der Waals surface area contributed by atoms with Crippen molar-refractivity contribution in [3.8, 4) is 0 Å². The van der Waals surface area contributed by atoms with Crippen LogP contribution in [0.2, 0.25) is 0 Å². The first-order chi connectivity index (χ1) is 7.45. The van der Waals surface area contributed by atoms with Crippen LogP contribution in [0.4, 0.5) is 0 Å². The van der Waals surface area contributed by atoms with Gasteiger partial charge in [-0.1, -0.05) is 20.8 Å². The standard InChI is InChI=1S/C11H16N2O2S/c1-11(2,3)8-5-12-7-13-10(8)16-9(14)6-15-4/h5,7H,6H2,1-4H3. The first kappa shape index (κ1) is 13.1. The molecule has 4 nitrogen and oxygen atoms in total. The van der Waals surface area contributed by atoms with Gasteiger partial charge in [0.1, 0.15) is 18.0 Å². The van der Waals surface area contributed by atoms with E-state index < -0.39 is 0 Å². The Morgan fingerprint density at radius 1 is 1.50 bits per heavy atom. The molecule has 88 valence electrons. The molecule has 0 fully saturated rings. The molecule has 1 rings (SSSR count). The molecular weight excluding hydrogens is 224 g/mol. The SMILES string of the molecule is COCC(=O)Sc1ncncc1C(C)(C)C. The second-order valence-electron chi connectivity index (χ2n) is 4.40. The predicted octanol–water partition coefficient (Wildman–Crippen LogP) is 2.04. The van der Waals surface area contributed by atoms with Crippen molar-refractivity contribution in [2.45, 2.75) is 31.2 Å². The van der Waals surface area contributed by atoms with E-state index in [0.29, 0.717) is 5.03 Å². The summed E-state index contributed by atoms with van der Waals surface area (Å²) in [5, 5.41) is 0.663. The van der Waals surface area contributed by atoms with Gasteiger partial charge in [-0.25, -0.2) is 9.97 Å². The molecule has 0 amide bonds. The van der Waals surface area contributed by atoms with Gasteiger partial charge in [0.25, 0.3) is 0 Å². The number of nitrogens with zero attached hydrogens (tertiary/aromatic N) is 2. The minimum Gasteiger partial charge on any atom is -0.376 e. The van der Waals surface area contributed by atoms with Crippen LogP contribution in [0.25, 0.3) is 0 Å². The number of carbonyl (C=O) groups excluding carboxylic acids is 1. The Kier molecular flexibility index (Phi) is 4.44. The number of hydrogen-bond acceptors (Lipinski definition) is 5. The fraction of sp³-hybridized carbons (Fsp3) is 0.545. The molecule has 0 saturated heterocycles. The number of thioether (sulfide) groups is 1. The van der Waals surface area contributed by atoms with Crippen molar-refractivity contribution in [1.29, 1.82) is 0 Å². The van der Waals surface area contributed by atoms with Gasteiger partial charge in [0.15, 0.2) is 0 Å². The van der Waals surface area contributed by atoms with E-state index in [0.717, 1.165) is 17.3 Å². The molecule has 0 aliphatic heterocycles. The molecule has 1 heterocycles. The highest BCUT2D eigenvalue weighted by molar-refractivity contribution is 8.13. The lowest BCUT2D eigenvalue weighted by Crippen LogP contribution is -2.15. The monoisotopic (exact) mass is 240 g/mol. The Bertz CT molecular complexity index is 374. The van der Waals surface area contributed by atoms with Gasteiger partial charge < -0.3 is 4.74 Å². The summed E-state index contributed by atoms with van der Waals surface area (Å²) in [5.41, 5.74) is 0.904. The predicted molar refractivity (Wildman–Crippen MR) is 63.5 cm³/mol. The van der Waals surface area contributed by atoms with E-state index in [9.17, 15) is 4.79 Å². The highest BCUT2D eigenvalue weighted by Crippen LogP contribution is 2.30. The second-order valence-corrected chi connectivity index (χ2v) is 5.44. The van der Waals surface area contributed by atoms with Crippen molar-refractivity contribution in [1.82, 2.24) is 9.97 Å². The number of aromatic nitrogens is 2. The molecule has 0 aliphatic rings. The van der Waals surface area contributed by atoms with Crippen LogP contribution >= 0.6 is 11.8 Å². The molecule has 1 aromatic heterocycles. The van der Waals surface area contributed by atoms with Gasteiger partial charge in [-0.15, -0.1) is 0 Å². The number of methoxy groups -OCH3 is 1. The summed E-state index contributed by atoms with van der Waals surface area (Å²) in [6, 6.07) is 0. The highest BCUT2D eigenvalue weighted by Gasteiger charge is 2.21. The van der Waals surface area contributed by atoms with Crippen LogP contribution in [0.15, 0.2) is 17.6 Å². The van der Waals surface area contributed by atoms with Crippen molar-refractivity contribution in [2.24, 2.45) is 0 Å². The lowest BCUT2D eigenvalue weighted by molar-refractivity contribution is -0.114. The Hall–Kier alpha value is -0.940. The van der Waals surface area contributed by atoms with Crippen LogP contribution in [0, 0.1) is 0 Å². The molecule has 0 atom stereocenters. The minimum atomic E-state index is -0.0725. The van der Waals surface area contributed by atoms with Crippen LogP contribution in [-0.2, 0) is 14.9 Å². The van der Waals surface area contributed by atoms with Crippen molar-refractivity contribution < 1.29 is 9.53 Å². The summed E-state index contributed by atoms with van der Waals surface area (Å²) in [5.74, 6) is 0. The molecule has 0 radical (unpaired) electrons. The Labute approximate surface area is 99.8 Å². The Morgan fingerprint density at radius 2 is 2.19 bits per heavy atom. The summed E-state index contributed by atoms with van der Waals surface area (Å²) < 4.78 is 4.79. The average molecular weight is 240 g/mol. The molecule has 5 heteroatoms. The first-order valence-corrected chi connectivity index (χ1v) is 5.77. The quantitative estimate of drug-likeness (QED) is 0.598. The van der Waals surface area contributed by atoms with Crippen LogP contribution in [-0.4, -0.2) is 28.8 Å². The molecule has 0 N–H and O–H groups in total. The number of rotatable bonds is 3. The molecule has 0 spiro atoms. The minimum absolute atomic E-state index is 0.0494. The fourth-order valence-corrected chi connectivity index (χ4v) is 2.13. The third kappa shape index (κ3) is 3.57. The van der Waals surface area contributed by atoms with Gasteiger partial charge >= 0.3 is 0 Å². The van der Waals surface area contributed by atoms with E-state index in [1.165, 1.54) is 13.4 Å². The summed E-state index contributed by atoms with van der Waals surface area (Å²) in [6.45, 7) is 6.29. The maximum Gasteiger partial charge on any atom is 0.220 e. The highest BCUT2D eigenvalue weighted by atomic mass is 32.2. The van der Waals surface area contributed by atoms with Crippen molar-refractivity contribution >= 4 is 16.9 Å². The summed E-state index contributed by atoms with van der Waals surface area (Å²) in [4.78, 5) is 19.6. The number of carbonyl (C=O) groups is 1. The van der Waals surface area contributed by atoms with Crippen molar-refractivity contribution in [2.75, 3.05) is 13.7 Å². The van der Waals surface area contributed by atoms with E-state index >= 15 is 0 Å². The maximum absolute atomic E-state index is 11.5. The topological polar surface area (TPSA) is 52.1 Å². The fourth-order valence-electron chi connectivity index (χ4n) is 1.17. The van der Waals surface area contributed by atoms with E-state index in [1.807, 2.05) is 0 Å². The van der Waals surface area contributed by atoms with Gasteiger partial charge in [0, 0.05) is 18.9 Å². The van der Waals surface area contributed by atoms with Crippen molar-refractivity contribution in [3.05, 3.63) is 18.1 Å². The first-order valence-electron chi connectivity index (χ1n) is 4.95. The molecule has 0 unspecified atom stereocenters. The van der Waals surface area contributed by atoms with Gasteiger partial charge in [0.05, 0.1) is 0 Å².